The van der Waals surface area contributed by atoms with E-state index in [0.717, 1.165) is 30.0 Å². The molecule has 0 atom stereocenters. The van der Waals surface area contributed by atoms with Crippen LogP contribution in [0.4, 0.5) is 20.2 Å². The lowest BCUT2D eigenvalue weighted by molar-refractivity contribution is -0.113. The number of rotatable bonds is 4. The summed E-state index contributed by atoms with van der Waals surface area (Å²) in [5, 5.41) is 2.74. The summed E-state index contributed by atoms with van der Waals surface area (Å²) in [6.45, 7) is 0. The minimum absolute atomic E-state index is 0.0239. The minimum Gasteiger partial charge on any atom is -0.398 e. The van der Waals surface area contributed by atoms with Crippen molar-refractivity contribution in [2.45, 2.75) is 4.90 Å². The number of nitrogen functional groups attached to an aromatic ring is 1. The van der Waals surface area contributed by atoms with E-state index in [1.807, 2.05) is 0 Å². The van der Waals surface area contributed by atoms with Crippen LogP contribution < -0.4 is 11.1 Å². The molecule has 0 saturated heterocycles. The Morgan fingerprint density at radius 1 is 1.29 bits per heavy atom. The summed E-state index contributed by atoms with van der Waals surface area (Å²) in [7, 11) is 0. The Morgan fingerprint density at radius 3 is 2.76 bits per heavy atom. The third-order valence-electron chi connectivity index (χ3n) is 2.55. The molecule has 0 unspecified atom stereocenters. The first kappa shape index (κ1) is 15.6. The van der Waals surface area contributed by atoms with Gasteiger partial charge in [0.1, 0.15) is 11.6 Å². The molecule has 3 nitrogen and oxygen atoms in total. The second-order valence-electron chi connectivity index (χ2n) is 4.12. The number of carbonyl (C=O) groups is 1. The van der Waals surface area contributed by atoms with E-state index in [2.05, 4.69) is 5.32 Å². The largest absolute Gasteiger partial charge is 0.398 e. The Morgan fingerprint density at radius 2 is 2.05 bits per heavy atom. The molecular weight excluding hydrogens is 318 g/mol. The van der Waals surface area contributed by atoms with Gasteiger partial charge in [0.05, 0.1) is 16.5 Å². The maximum Gasteiger partial charge on any atom is 0.234 e. The van der Waals surface area contributed by atoms with Gasteiger partial charge in [-0.25, -0.2) is 8.78 Å². The van der Waals surface area contributed by atoms with Gasteiger partial charge in [-0.1, -0.05) is 17.7 Å². The standard InChI is InChI=1S/C14H11ClF2N2OS/c15-9-2-1-3-11(18)14(9)21-7-13(20)19-12-6-8(16)4-5-10(12)17/h1-6H,7,18H2,(H,19,20). The van der Waals surface area contributed by atoms with Crippen molar-refractivity contribution in [2.75, 3.05) is 16.8 Å². The molecule has 2 aromatic rings. The van der Waals surface area contributed by atoms with Crippen LogP contribution in [-0.2, 0) is 4.79 Å². The molecule has 0 heterocycles. The molecule has 0 bridgehead atoms. The zero-order chi connectivity index (χ0) is 15.4. The van der Waals surface area contributed by atoms with E-state index in [4.69, 9.17) is 17.3 Å². The molecule has 0 aliphatic heterocycles. The smallest absolute Gasteiger partial charge is 0.234 e. The molecule has 21 heavy (non-hydrogen) atoms. The van der Waals surface area contributed by atoms with Crippen LogP contribution in [0.25, 0.3) is 0 Å². The fourth-order valence-electron chi connectivity index (χ4n) is 1.60. The summed E-state index contributed by atoms with van der Waals surface area (Å²) < 4.78 is 26.4. The highest BCUT2D eigenvalue weighted by molar-refractivity contribution is 8.00. The van der Waals surface area contributed by atoms with Gasteiger partial charge in [0.15, 0.2) is 0 Å². The number of amides is 1. The van der Waals surface area contributed by atoms with Crippen molar-refractivity contribution in [3.63, 3.8) is 0 Å². The lowest BCUT2D eigenvalue weighted by atomic mass is 10.3. The van der Waals surface area contributed by atoms with Crippen LogP contribution in [0.1, 0.15) is 0 Å². The normalized spacial score (nSPS) is 10.4. The topological polar surface area (TPSA) is 55.1 Å². The lowest BCUT2D eigenvalue weighted by Crippen LogP contribution is -2.15. The number of thioether (sulfide) groups is 1. The first-order valence-corrected chi connectivity index (χ1v) is 7.25. The van der Waals surface area contributed by atoms with Crippen LogP contribution >= 0.6 is 23.4 Å². The van der Waals surface area contributed by atoms with E-state index in [1.54, 1.807) is 18.2 Å². The van der Waals surface area contributed by atoms with Crippen LogP contribution in [0.5, 0.6) is 0 Å². The lowest BCUT2D eigenvalue weighted by Gasteiger charge is -2.09. The number of hydrogen-bond acceptors (Lipinski definition) is 3. The van der Waals surface area contributed by atoms with Gasteiger partial charge < -0.3 is 11.1 Å². The zero-order valence-electron chi connectivity index (χ0n) is 10.7. The number of hydrogen-bond donors (Lipinski definition) is 2. The molecule has 0 saturated carbocycles. The van der Waals surface area contributed by atoms with E-state index < -0.39 is 17.5 Å². The molecule has 1 amide bonds. The summed E-state index contributed by atoms with van der Waals surface area (Å²) in [5.74, 6) is -1.84. The predicted molar refractivity (Wildman–Crippen MR) is 81.6 cm³/mol. The minimum atomic E-state index is -0.702. The Balaban J connectivity index is 2.01. The van der Waals surface area contributed by atoms with Crippen molar-refractivity contribution < 1.29 is 13.6 Å². The van der Waals surface area contributed by atoms with E-state index in [0.29, 0.717) is 15.6 Å². The summed E-state index contributed by atoms with van der Waals surface area (Å²) in [4.78, 5) is 12.3. The van der Waals surface area contributed by atoms with Crippen LogP contribution in [0, 0.1) is 11.6 Å². The highest BCUT2D eigenvalue weighted by Gasteiger charge is 2.11. The summed E-state index contributed by atoms with van der Waals surface area (Å²) >= 11 is 7.10. The number of carbonyl (C=O) groups excluding carboxylic acids is 1. The van der Waals surface area contributed by atoms with Crippen molar-refractivity contribution in [3.05, 3.63) is 53.1 Å². The van der Waals surface area contributed by atoms with Gasteiger partial charge in [-0.05, 0) is 24.3 Å². The predicted octanol–water partition coefficient (Wildman–Crippen LogP) is 3.93. The number of benzene rings is 2. The van der Waals surface area contributed by atoms with Crippen molar-refractivity contribution in [1.29, 1.82) is 0 Å². The second-order valence-corrected chi connectivity index (χ2v) is 5.51. The molecule has 0 aromatic heterocycles. The number of nitrogens with one attached hydrogen (secondary N) is 1. The first-order chi connectivity index (χ1) is 9.97. The van der Waals surface area contributed by atoms with Gasteiger partial charge in [-0.15, -0.1) is 11.8 Å². The quantitative estimate of drug-likeness (QED) is 0.660. The number of nitrogens with two attached hydrogens (primary N) is 1. The van der Waals surface area contributed by atoms with Crippen molar-refractivity contribution in [2.24, 2.45) is 0 Å². The Hall–Kier alpha value is -1.79. The molecule has 0 radical (unpaired) electrons. The van der Waals surface area contributed by atoms with E-state index in [1.165, 1.54) is 0 Å². The Labute approximate surface area is 129 Å². The molecule has 0 aliphatic rings. The van der Waals surface area contributed by atoms with Crippen LogP contribution in [0.2, 0.25) is 5.02 Å². The number of anilines is 2. The van der Waals surface area contributed by atoms with Crippen LogP contribution in [0.3, 0.4) is 0 Å². The third kappa shape index (κ3) is 4.09. The number of halogens is 3. The van der Waals surface area contributed by atoms with Crippen molar-refractivity contribution in [3.8, 4) is 0 Å². The zero-order valence-corrected chi connectivity index (χ0v) is 12.3. The van der Waals surface area contributed by atoms with Crippen LogP contribution in [-0.4, -0.2) is 11.7 Å². The van der Waals surface area contributed by atoms with Crippen molar-refractivity contribution >= 4 is 40.6 Å². The van der Waals surface area contributed by atoms with Gasteiger partial charge in [0.2, 0.25) is 5.91 Å². The summed E-state index contributed by atoms with van der Waals surface area (Å²) in [6, 6.07) is 7.86. The van der Waals surface area contributed by atoms with Crippen LogP contribution in [0.15, 0.2) is 41.3 Å². The Bertz CT molecular complexity index is 662. The maximum absolute atomic E-state index is 13.4. The Kier molecular flexibility index (Phi) is 5.03. The molecule has 7 heteroatoms. The summed E-state index contributed by atoms with van der Waals surface area (Å²) in [5.41, 5.74) is 6.01. The molecule has 2 rings (SSSR count). The molecule has 0 aliphatic carbocycles. The average molecular weight is 329 g/mol. The molecule has 3 N–H and O–H groups in total. The van der Waals surface area contributed by atoms with E-state index in [-0.39, 0.29) is 11.4 Å². The van der Waals surface area contributed by atoms with E-state index in [9.17, 15) is 13.6 Å². The SMILES string of the molecule is Nc1cccc(Cl)c1SCC(=O)Nc1cc(F)ccc1F. The first-order valence-electron chi connectivity index (χ1n) is 5.89. The van der Waals surface area contributed by atoms with E-state index >= 15 is 0 Å². The second kappa shape index (κ2) is 6.78. The molecule has 110 valence electrons. The average Bonchev–Trinajstić information content (AvgIpc) is 2.42. The monoisotopic (exact) mass is 328 g/mol. The molecule has 0 fully saturated rings. The fourth-order valence-corrected chi connectivity index (χ4v) is 2.73. The molecule has 2 aromatic carbocycles. The van der Waals surface area contributed by atoms with Gasteiger partial charge in [0.25, 0.3) is 0 Å². The highest BCUT2D eigenvalue weighted by Crippen LogP contribution is 2.32. The summed E-state index contributed by atoms with van der Waals surface area (Å²) in [6.07, 6.45) is 0. The van der Waals surface area contributed by atoms with Crippen molar-refractivity contribution in [1.82, 2.24) is 0 Å². The molecule has 0 spiro atoms. The van der Waals surface area contributed by atoms with Gasteiger partial charge in [0, 0.05) is 16.6 Å². The maximum atomic E-state index is 13.4. The highest BCUT2D eigenvalue weighted by atomic mass is 35.5. The van der Waals surface area contributed by atoms with Gasteiger partial charge in [-0.3, -0.25) is 4.79 Å². The molecular formula is C14H11ClF2N2OS. The van der Waals surface area contributed by atoms with Gasteiger partial charge in [-0.2, -0.15) is 0 Å². The fraction of sp³-hybridized carbons (Fsp3) is 0.0714. The van der Waals surface area contributed by atoms with Gasteiger partial charge >= 0.3 is 0 Å². The third-order valence-corrected chi connectivity index (χ3v) is 4.13.